The topological polar surface area (TPSA) is 15.8 Å². The molecular formula is C16H10FN. The van der Waals surface area contributed by atoms with Crippen molar-refractivity contribution < 1.29 is 4.39 Å². The molecular weight excluding hydrogens is 225 g/mol. The molecule has 0 atom stereocenters. The van der Waals surface area contributed by atoms with Gasteiger partial charge in [-0.1, -0.05) is 42.5 Å². The average Bonchev–Trinajstić information content (AvgIpc) is 2.78. The van der Waals surface area contributed by atoms with E-state index in [9.17, 15) is 4.39 Å². The lowest BCUT2D eigenvalue weighted by molar-refractivity contribution is 0.640. The highest BCUT2D eigenvalue weighted by Crippen LogP contribution is 2.31. The second kappa shape index (κ2) is 3.33. The maximum atomic E-state index is 13.8. The minimum absolute atomic E-state index is 0.173. The fourth-order valence-corrected chi connectivity index (χ4v) is 2.64. The molecule has 0 saturated carbocycles. The zero-order valence-corrected chi connectivity index (χ0v) is 9.57. The number of H-pyrrole nitrogens is 1. The summed E-state index contributed by atoms with van der Waals surface area (Å²) in [6.45, 7) is 0. The predicted molar refractivity (Wildman–Crippen MR) is 73.3 cm³/mol. The fourth-order valence-electron chi connectivity index (χ4n) is 2.64. The number of aromatic nitrogens is 1. The zero-order chi connectivity index (χ0) is 12.1. The van der Waals surface area contributed by atoms with Crippen molar-refractivity contribution in [1.29, 1.82) is 0 Å². The van der Waals surface area contributed by atoms with Crippen LogP contribution in [-0.4, -0.2) is 4.98 Å². The Hall–Kier alpha value is -2.35. The summed E-state index contributed by atoms with van der Waals surface area (Å²) in [6, 6.07) is 17.2. The number of hydrogen-bond donors (Lipinski definition) is 1. The molecule has 0 aliphatic carbocycles. The summed E-state index contributed by atoms with van der Waals surface area (Å²) in [6.07, 6.45) is 0. The second-order valence-corrected chi connectivity index (χ2v) is 4.49. The first-order chi connectivity index (χ1) is 8.84. The molecule has 1 nitrogen and oxygen atoms in total. The van der Waals surface area contributed by atoms with Crippen molar-refractivity contribution in [3.8, 4) is 0 Å². The Bertz CT molecular complexity index is 889. The van der Waals surface area contributed by atoms with E-state index in [0.717, 1.165) is 21.8 Å². The highest BCUT2D eigenvalue weighted by Gasteiger charge is 2.08. The Labute approximate surface area is 103 Å². The second-order valence-electron chi connectivity index (χ2n) is 4.49. The lowest BCUT2D eigenvalue weighted by atomic mass is 10.1. The fraction of sp³-hybridized carbons (Fsp3) is 0. The van der Waals surface area contributed by atoms with Crippen LogP contribution in [0.4, 0.5) is 4.39 Å². The van der Waals surface area contributed by atoms with Crippen LogP contribution in [0.1, 0.15) is 0 Å². The number of aromatic amines is 1. The van der Waals surface area contributed by atoms with E-state index in [2.05, 4.69) is 11.1 Å². The van der Waals surface area contributed by atoms with Gasteiger partial charge in [-0.25, -0.2) is 4.39 Å². The molecule has 0 aliphatic rings. The van der Waals surface area contributed by atoms with E-state index in [1.165, 1.54) is 11.5 Å². The van der Waals surface area contributed by atoms with Gasteiger partial charge < -0.3 is 4.98 Å². The Morgan fingerprint density at radius 1 is 0.667 bits per heavy atom. The van der Waals surface area contributed by atoms with E-state index >= 15 is 0 Å². The third-order valence-electron chi connectivity index (χ3n) is 3.49. The number of rotatable bonds is 0. The van der Waals surface area contributed by atoms with E-state index in [-0.39, 0.29) is 5.82 Å². The molecule has 0 aliphatic heterocycles. The van der Waals surface area contributed by atoms with Crippen LogP contribution in [0.5, 0.6) is 0 Å². The monoisotopic (exact) mass is 235 g/mol. The molecule has 0 unspecified atom stereocenters. The Kier molecular flexibility index (Phi) is 1.78. The molecule has 0 amide bonds. The van der Waals surface area contributed by atoms with E-state index in [4.69, 9.17) is 0 Å². The minimum Gasteiger partial charge on any atom is -0.354 e. The van der Waals surface area contributed by atoms with Crippen molar-refractivity contribution in [1.82, 2.24) is 4.98 Å². The van der Waals surface area contributed by atoms with E-state index in [0.29, 0.717) is 5.39 Å². The number of halogens is 1. The Balaban J connectivity index is 2.32. The van der Waals surface area contributed by atoms with Crippen molar-refractivity contribution in [2.24, 2.45) is 0 Å². The van der Waals surface area contributed by atoms with Crippen molar-refractivity contribution in [3.63, 3.8) is 0 Å². The minimum atomic E-state index is -0.173. The van der Waals surface area contributed by atoms with Gasteiger partial charge in [-0.05, 0) is 12.1 Å². The molecule has 86 valence electrons. The number of fused-ring (bicyclic) bond motifs is 5. The molecule has 1 aromatic heterocycles. The van der Waals surface area contributed by atoms with Crippen LogP contribution < -0.4 is 0 Å². The van der Waals surface area contributed by atoms with Crippen molar-refractivity contribution >= 4 is 32.6 Å². The summed E-state index contributed by atoms with van der Waals surface area (Å²) in [4.78, 5) is 3.38. The highest BCUT2D eigenvalue weighted by atomic mass is 19.1. The molecule has 1 N–H and O–H groups in total. The SMILES string of the molecule is Fc1cccc2c1ccc1c3ccccc3[nH]c21. The molecule has 0 spiro atoms. The first kappa shape index (κ1) is 9.66. The normalized spacial score (nSPS) is 11.6. The molecule has 3 aromatic carbocycles. The van der Waals surface area contributed by atoms with Gasteiger partial charge in [-0.15, -0.1) is 0 Å². The summed E-state index contributed by atoms with van der Waals surface area (Å²) < 4.78 is 13.8. The maximum Gasteiger partial charge on any atom is 0.131 e. The standard InChI is InChI=1S/C16H10FN/c17-14-6-3-5-12-10(14)8-9-13-11-4-1-2-7-15(11)18-16(12)13/h1-9,18H. The molecule has 0 radical (unpaired) electrons. The molecule has 0 saturated heterocycles. The van der Waals surface area contributed by atoms with Crippen molar-refractivity contribution in [3.05, 3.63) is 60.4 Å². The predicted octanol–water partition coefficient (Wildman–Crippen LogP) is 4.61. The first-order valence-electron chi connectivity index (χ1n) is 5.92. The van der Waals surface area contributed by atoms with Crippen LogP contribution in [0.15, 0.2) is 54.6 Å². The molecule has 4 rings (SSSR count). The quantitative estimate of drug-likeness (QED) is 0.458. The lowest BCUT2D eigenvalue weighted by Gasteiger charge is -2.00. The van der Waals surface area contributed by atoms with Crippen LogP contribution >= 0.6 is 0 Å². The average molecular weight is 235 g/mol. The summed E-state index contributed by atoms with van der Waals surface area (Å²) in [5.41, 5.74) is 2.09. The number of para-hydroxylation sites is 1. The van der Waals surface area contributed by atoms with Gasteiger partial charge in [0.25, 0.3) is 0 Å². The molecule has 2 heteroatoms. The maximum absolute atomic E-state index is 13.8. The molecule has 0 fully saturated rings. The Morgan fingerprint density at radius 3 is 2.33 bits per heavy atom. The number of benzene rings is 3. The highest BCUT2D eigenvalue weighted by molar-refractivity contribution is 6.16. The van der Waals surface area contributed by atoms with Gasteiger partial charge in [0.1, 0.15) is 5.82 Å². The summed E-state index contributed by atoms with van der Waals surface area (Å²) in [7, 11) is 0. The summed E-state index contributed by atoms with van der Waals surface area (Å²) >= 11 is 0. The van der Waals surface area contributed by atoms with Crippen molar-refractivity contribution in [2.45, 2.75) is 0 Å². The first-order valence-corrected chi connectivity index (χ1v) is 5.92. The Morgan fingerprint density at radius 2 is 1.39 bits per heavy atom. The van der Waals surface area contributed by atoms with Gasteiger partial charge in [-0.2, -0.15) is 0 Å². The van der Waals surface area contributed by atoms with E-state index < -0.39 is 0 Å². The number of nitrogens with one attached hydrogen (secondary N) is 1. The van der Waals surface area contributed by atoms with E-state index in [1.807, 2.05) is 36.4 Å². The van der Waals surface area contributed by atoms with Gasteiger partial charge in [0.15, 0.2) is 0 Å². The van der Waals surface area contributed by atoms with Crippen LogP contribution in [0, 0.1) is 5.82 Å². The number of hydrogen-bond acceptors (Lipinski definition) is 0. The van der Waals surface area contributed by atoms with Crippen LogP contribution in [0.3, 0.4) is 0 Å². The van der Waals surface area contributed by atoms with Crippen LogP contribution in [0.25, 0.3) is 32.6 Å². The molecule has 0 bridgehead atoms. The lowest BCUT2D eigenvalue weighted by Crippen LogP contribution is -1.80. The third kappa shape index (κ3) is 1.15. The van der Waals surface area contributed by atoms with Gasteiger partial charge in [0.05, 0.1) is 5.52 Å². The summed E-state index contributed by atoms with van der Waals surface area (Å²) in [5.74, 6) is -0.173. The summed E-state index contributed by atoms with van der Waals surface area (Å²) in [5, 5.41) is 3.92. The largest absolute Gasteiger partial charge is 0.354 e. The smallest absolute Gasteiger partial charge is 0.131 e. The molecule has 1 heterocycles. The third-order valence-corrected chi connectivity index (χ3v) is 3.49. The van der Waals surface area contributed by atoms with Crippen LogP contribution in [0.2, 0.25) is 0 Å². The van der Waals surface area contributed by atoms with Gasteiger partial charge in [0.2, 0.25) is 0 Å². The van der Waals surface area contributed by atoms with Gasteiger partial charge >= 0.3 is 0 Å². The molecule has 4 aromatic rings. The molecule has 18 heavy (non-hydrogen) atoms. The van der Waals surface area contributed by atoms with Gasteiger partial charge in [-0.3, -0.25) is 0 Å². The van der Waals surface area contributed by atoms with E-state index in [1.54, 1.807) is 6.07 Å². The zero-order valence-electron chi connectivity index (χ0n) is 9.57. The van der Waals surface area contributed by atoms with Gasteiger partial charge in [0, 0.05) is 27.1 Å². The van der Waals surface area contributed by atoms with Crippen molar-refractivity contribution in [2.75, 3.05) is 0 Å². The van der Waals surface area contributed by atoms with Crippen LogP contribution in [-0.2, 0) is 0 Å².